The molecule has 3 aliphatic rings. The highest BCUT2D eigenvalue weighted by atomic mass is 16.8. The van der Waals surface area contributed by atoms with Crippen molar-refractivity contribution in [3.63, 3.8) is 0 Å². The number of hydrogen-bond donors (Lipinski definition) is 12. The Morgan fingerprint density at radius 3 is 0.895 bits per heavy atom. The maximum Gasteiger partial charge on any atom is 0.220 e. The summed E-state index contributed by atoms with van der Waals surface area (Å²) in [7, 11) is 0. The highest BCUT2D eigenvalue weighted by Crippen LogP contribution is 2.34. The van der Waals surface area contributed by atoms with Crippen molar-refractivity contribution in [2.45, 2.75) is 503 Å². The molecule has 3 saturated heterocycles. The van der Waals surface area contributed by atoms with E-state index in [2.05, 4.69) is 19.2 Å². The third-order valence-corrected chi connectivity index (χ3v) is 22.6. The van der Waals surface area contributed by atoms with Crippen LogP contribution in [0.1, 0.15) is 399 Å². The number of allylic oxidation sites excluding steroid dienone is 1. The third-order valence-electron chi connectivity index (χ3n) is 22.6. The van der Waals surface area contributed by atoms with E-state index in [9.17, 15) is 61.0 Å². The number of unbranched alkanes of at least 4 members (excludes halogenated alkanes) is 57. The van der Waals surface area contributed by atoms with Gasteiger partial charge in [0.15, 0.2) is 18.9 Å². The molecule has 0 aliphatic carbocycles. The molecule has 19 nitrogen and oxygen atoms in total. The zero-order chi connectivity index (χ0) is 76.0. The van der Waals surface area contributed by atoms with E-state index in [-0.39, 0.29) is 18.9 Å². The van der Waals surface area contributed by atoms with Gasteiger partial charge in [0.2, 0.25) is 5.91 Å². The number of carbonyl (C=O) groups excluding carboxylic acids is 1. The maximum atomic E-state index is 13.5. The lowest BCUT2D eigenvalue weighted by Gasteiger charge is -2.48. The van der Waals surface area contributed by atoms with Gasteiger partial charge in [-0.1, -0.05) is 386 Å². The first-order chi connectivity index (χ1) is 51.3. The quantitative estimate of drug-likeness (QED) is 0.0199. The van der Waals surface area contributed by atoms with Crippen LogP contribution in [0.3, 0.4) is 0 Å². The van der Waals surface area contributed by atoms with Gasteiger partial charge >= 0.3 is 0 Å². The molecule has 105 heavy (non-hydrogen) atoms. The Morgan fingerprint density at radius 2 is 0.590 bits per heavy atom. The van der Waals surface area contributed by atoms with Crippen LogP contribution in [-0.4, -0.2) is 193 Å². The number of hydrogen-bond acceptors (Lipinski definition) is 18. The molecule has 0 aromatic rings. The van der Waals surface area contributed by atoms with Crippen molar-refractivity contribution in [2.24, 2.45) is 0 Å². The molecule has 0 saturated carbocycles. The summed E-state index contributed by atoms with van der Waals surface area (Å²) in [6, 6.07) is -0.971. The van der Waals surface area contributed by atoms with Crippen LogP contribution in [-0.2, 0) is 33.2 Å². The van der Waals surface area contributed by atoms with E-state index >= 15 is 0 Å². The highest BCUT2D eigenvalue weighted by molar-refractivity contribution is 5.76. The van der Waals surface area contributed by atoms with Gasteiger partial charge in [0, 0.05) is 6.42 Å². The minimum Gasteiger partial charge on any atom is -0.394 e. The van der Waals surface area contributed by atoms with Crippen molar-refractivity contribution < 1.29 is 89.4 Å². The van der Waals surface area contributed by atoms with Gasteiger partial charge in [-0.2, -0.15) is 0 Å². The molecule has 19 heteroatoms. The molecule has 17 unspecified atom stereocenters. The number of aliphatic hydroxyl groups excluding tert-OH is 11. The van der Waals surface area contributed by atoms with Crippen LogP contribution in [0, 0.1) is 0 Å². The second kappa shape index (κ2) is 67.1. The van der Waals surface area contributed by atoms with Crippen molar-refractivity contribution in [3.8, 4) is 0 Å². The lowest BCUT2D eigenvalue weighted by Crippen LogP contribution is -2.66. The van der Waals surface area contributed by atoms with E-state index in [0.717, 1.165) is 44.9 Å². The first kappa shape index (κ1) is 97.7. The predicted octanol–water partition coefficient (Wildman–Crippen LogP) is 16.3. The molecule has 1 amide bonds. The molecule has 0 aromatic heterocycles. The number of nitrogens with one attached hydrogen (secondary N) is 1. The van der Waals surface area contributed by atoms with Crippen LogP contribution < -0.4 is 5.32 Å². The smallest absolute Gasteiger partial charge is 0.220 e. The molecule has 3 rings (SSSR count). The molecule has 0 aromatic carbocycles. The van der Waals surface area contributed by atoms with Crippen LogP contribution in [0.4, 0.5) is 0 Å². The van der Waals surface area contributed by atoms with Crippen LogP contribution in [0.2, 0.25) is 0 Å². The summed E-state index contributed by atoms with van der Waals surface area (Å²) in [5, 5.41) is 121. The average Bonchev–Trinajstić information content (AvgIpc) is 0.781. The van der Waals surface area contributed by atoms with Gasteiger partial charge in [-0.15, -0.1) is 0 Å². The van der Waals surface area contributed by atoms with E-state index in [1.807, 2.05) is 6.08 Å². The summed E-state index contributed by atoms with van der Waals surface area (Å²) in [5.74, 6) is -0.265. The number of amides is 1. The second-order valence-corrected chi connectivity index (χ2v) is 32.1. The molecule has 0 bridgehead atoms. The molecule has 0 spiro atoms. The number of aliphatic hydroxyl groups is 11. The second-order valence-electron chi connectivity index (χ2n) is 32.1. The average molecular weight is 1500 g/mol. The van der Waals surface area contributed by atoms with E-state index < -0.39 is 124 Å². The molecule has 17 atom stereocenters. The van der Waals surface area contributed by atoms with Crippen LogP contribution in [0.25, 0.3) is 0 Å². The lowest BCUT2D eigenvalue weighted by molar-refractivity contribution is -0.379. The Balaban J connectivity index is 1.34. The Labute approximate surface area is 639 Å². The summed E-state index contributed by atoms with van der Waals surface area (Å²) < 4.78 is 34.5. The summed E-state index contributed by atoms with van der Waals surface area (Å²) in [4.78, 5) is 13.5. The Morgan fingerprint density at radius 1 is 0.333 bits per heavy atom. The summed E-state index contributed by atoms with van der Waals surface area (Å²) >= 11 is 0. The Bertz CT molecular complexity index is 1940. The first-order valence-electron chi connectivity index (χ1n) is 44.4. The Kier molecular flexibility index (Phi) is 62.4. The zero-order valence-electron chi connectivity index (χ0n) is 67.0. The summed E-state index contributed by atoms with van der Waals surface area (Å²) in [6.07, 6.45) is 55.1. The Hall–Kier alpha value is -1.47. The van der Waals surface area contributed by atoms with Crippen molar-refractivity contribution in [3.05, 3.63) is 12.2 Å². The monoisotopic (exact) mass is 1500 g/mol. The van der Waals surface area contributed by atoms with Gasteiger partial charge in [0.05, 0.1) is 38.6 Å². The van der Waals surface area contributed by atoms with E-state index in [4.69, 9.17) is 28.4 Å². The van der Waals surface area contributed by atoms with Crippen molar-refractivity contribution in [2.75, 3.05) is 26.4 Å². The molecule has 12 N–H and O–H groups in total. The van der Waals surface area contributed by atoms with Crippen LogP contribution in [0.5, 0.6) is 0 Å². The fourth-order valence-electron chi connectivity index (χ4n) is 15.5. The predicted molar refractivity (Wildman–Crippen MR) is 420 cm³/mol. The molecule has 3 aliphatic heterocycles. The number of ether oxygens (including phenoxy) is 6. The van der Waals surface area contributed by atoms with Gasteiger partial charge in [0.1, 0.15) is 73.2 Å². The van der Waals surface area contributed by atoms with Crippen LogP contribution >= 0.6 is 0 Å². The summed E-state index contributed by atoms with van der Waals surface area (Å²) in [6.45, 7) is 1.82. The highest BCUT2D eigenvalue weighted by Gasteiger charge is 2.54. The SMILES string of the molecule is CCCCCCCCCCCCCCCCCCCCCCCCCCCCC/C=C/C(O)C(COC1OC(CO)C(OC2OC(CO)C(OC3OC(CO)C(O)C(O)C3O)C(O)C2O)C(O)C1O)NC(=O)CCCCCCCCCCCCCCCCCCCCCCCCCCCCCCCCC. The zero-order valence-corrected chi connectivity index (χ0v) is 67.0. The van der Waals surface area contributed by atoms with Gasteiger partial charge in [-0.3, -0.25) is 4.79 Å². The normalized spacial score (nSPS) is 25.7. The van der Waals surface area contributed by atoms with E-state index in [1.54, 1.807) is 6.08 Å². The number of rotatable bonds is 73. The topological polar surface area (TPSA) is 307 Å². The van der Waals surface area contributed by atoms with Crippen molar-refractivity contribution in [1.82, 2.24) is 5.32 Å². The minimum absolute atomic E-state index is 0.250. The molecular formula is C86H165NO18. The minimum atomic E-state index is -1.98. The molecular weight excluding hydrogens is 1330 g/mol. The van der Waals surface area contributed by atoms with Gasteiger partial charge in [-0.25, -0.2) is 0 Å². The van der Waals surface area contributed by atoms with Gasteiger partial charge < -0.3 is 89.9 Å². The van der Waals surface area contributed by atoms with Crippen molar-refractivity contribution >= 4 is 5.91 Å². The first-order valence-corrected chi connectivity index (χ1v) is 44.4. The largest absolute Gasteiger partial charge is 0.394 e. The molecule has 3 heterocycles. The van der Waals surface area contributed by atoms with E-state index in [0.29, 0.717) is 6.42 Å². The maximum absolute atomic E-state index is 13.5. The van der Waals surface area contributed by atoms with Gasteiger partial charge in [-0.05, 0) is 19.3 Å². The standard InChI is InChI=1S/C86H165NO18/c1-3-5-7-9-11-13-15-17-19-21-23-25-27-29-31-33-34-36-38-40-42-44-46-48-50-52-54-56-58-60-62-64-74(92)87-69(70(91)63-61-59-57-55-53-51-49-47-45-43-41-39-37-35-32-30-28-26-24-22-20-18-16-14-12-10-8-6-4-2)68-100-84-80(98)77(95)82(72(66-89)102-84)105-86-81(99)78(96)83(73(67-90)103-86)104-85-79(97)76(94)75(93)71(65-88)101-85/h61,63,69-73,75-86,88-91,93-99H,3-60,62,64-68H2,1-2H3,(H,87,92)/b63-61+. The van der Waals surface area contributed by atoms with Gasteiger partial charge in [0.25, 0.3) is 0 Å². The fourth-order valence-corrected chi connectivity index (χ4v) is 15.5. The fraction of sp³-hybridized carbons (Fsp3) is 0.965. The van der Waals surface area contributed by atoms with Crippen molar-refractivity contribution in [1.29, 1.82) is 0 Å². The molecule has 622 valence electrons. The summed E-state index contributed by atoms with van der Waals surface area (Å²) in [5.41, 5.74) is 0. The molecule has 0 radical (unpaired) electrons. The number of carbonyl (C=O) groups is 1. The lowest BCUT2D eigenvalue weighted by atomic mass is 9.96. The molecule has 3 fully saturated rings. The third kappa shape index (κ3) is 46.3. The van der Waals surface area contributed by atoms with Crippen LogP contribution in [0.15, 0.2) is 12.2 Å². The van der Waals surface area contributed by atoms with E-state index in [1.165, 1.54) is 327 Å².